The summed E-state index contributed by atoms with van der Waals surface area (Å²) < 4.78 is 2.51. The maximum Gasteiger partial charge on any atom is 0.335 e. The Labute approximate surface area is 257 Å². The third-order valence-electron chi connectivity index (χ3n) is 8.12. The van der Waals surface area contributed by atoms with Gasteiger partial charge in [0.05, 0.1) is 33.5 Å². The van der Waals surface area contributed by atoms with Gasteiger partial charge in [0.1, 0.15) is 5.65 Å². The lowest BCUT2D eigenvalue weighted by Gasteiger charge is -2.28. The molecule has 3 aromatic carbocycles. The predicted octanol–water partition coefficient (Wildman–Crippen LogP) is 5.49. The minimum atomic E-state index is -1.15. The number of rotatable bonds is 7. The topological polar surface area (TPSA) is 138 Å². The van der Waals surface area contributed by atoms with Crippen LogP contribution >= 0.6 is 0 Å². The number of pyridine rings is 1. The van der Waals surface area contributed by atoms with E-state index in [4.69, 9.17) is 0 Å². The lowest BCUT2D eigenvalue weighted by Crippen LogP contribution is -2.29. The Balaban J connectivity index is 1.49. The molecule has 3 heterocycles. The highest BCUT2D eigenvalue weighted by molar-refractivity contribution is 5.89. The Morgan fingerprint density at radius 2 is 1.44 bits per heavy atom. The summed E-state index contributed by atoms with van der Waals surface area (Å²) in [6.45, 7) is 3.78. The van der Waals surface area contributed by atoms with Crippen molar-refractivity contribution in [1.82, 2.24) is 14.3 Å². The van der Waals surface area contributed by atoms with Crippen molar-refractivity contribution in [3.8, 4) is 11.4 Å². The van der Waals surface area contributed by atoms with Crippen molar-refractivity contribution in [2.75, 3.05) is 18.0 Å². The van der Waals surface area contributed by atoms with Crippen LogP contribution in [0.2, 0.25) is 0 Å². The fourth-order valence-corrected chi connectivity index (χ4v) is 5.73. The first-order chi connectivity index (χ1) is 21.7. The standard InChI is InChI=1S/C35H30N4O6/c1-22-29(10-5-7-23-11-15-26(16-12-23)37-19-3-2-4-20-37)32(40)38(27-17-13-24(14-18-27)34(42)43)31-30(22)33(41)39(36-31)28-9-6-8-25(21-28)35(44)45/h6-18,21,36H,2-4,19-20H2,1H3,(H,42,43)(H,44,45). The van der Waals surface area contributed by atoms with Crippen LogP contribution in [0.15, 0.2) is 88.1 Å². The number of hydrogen-bond donors (Lipinski definition) is 3. The first kappa shape index (κ1) is 29.2. The number of aromatic nitrogens is 3. The summed E-state index contributed by atoms with van der Waals surface area (Å²) in [7, 11) is 0. The van der Waals surface area contributed by atoms with E-state index in [9.17, 15) is 29.4 Å². The van der Waals surface area contributed by atoms with E-state index >= 15 is 0 Å². The second kappa shape index (κ2) is 12.0. The van der Waals surface area contributed by atoms with E-state index in [2.05, 4.69) is 27.9 Å². The zero-order chi connectivity index (χ0) is 31.7. The molecule has 0 amide bonds. The number of nitrogens with one attached hydrogen (secondary N) is 1. The molecule has 10 heteroatoms. The number of carboxylic acid groups (broad SMARTS) is 2. The highest BCUT2D eigenvalue weighted by Crippen LogP contribution is 2.23. The number of fused-ring (bicyclic) bond motifs is 1. The Hall–Kier alpha value is -5.86. The van der Waals surface area contributed by atoms with Crippen LogP contribution in [0.1, 0.15) is 56.7 Å². The molecule has 226 valence electrons. The molecule has 0 bridgehead atoms. The summed E-state index contributed by atoms with van der Waals surface area (Å²) >= 11 is 0. The fourth-order valence-electron chi connectivity index (χ4n) is 5.73. The SMILES string of the molecule is Cc1c(C=C=Cc2ccc(N3CCCCC3)cc2)c(=O)n(-c2ccc(C(=O)O)cc2)c2[nH]n(-c3cccc(C(=O)O)c3)c(=O)c12. The van der Waals surface area contributed by atoms with Crippen LogP contribution in [0.5, 0.6) is 0 Å². The van der Waals surface area contributed by atoms with E-state index < -0.39 is 23.1 Å². The van der Waals surface area contributed by atoms with Gasteiger partial charge in [-0.1, -0.05) is 18.2 Å². The molecule has 0 radical (unpaired) electrons. The van der Waals surface area contributed by atoms with Crippen LogP contribution in [0, 0.1) is 6.92 Å². The summed E-state index contributed by atoms with van der Waals surface area (Å²) in [5.74, 6) is -2.26. The van der Waals surface area contributed by atoms with Gasteiger partial charge in [-0.2, -0.15) is 0 Å². The average Bonchev–Trinajstić information content (AvgIpc) is 3.40. The van der Waals surface area contributed by atoms with E-state index in [0.29, 0.717) is 11.3 Å². The predicted molar refractivity (Wildman–Crippen MR) is 173 cm³/mol. The fraction of sp³-hybridized carbons (Fsp3) is 0.171. The number of nitrogens with zero attached hydrogens (tertiary/aromatic N) is 3. The molecule has 45 heavy (non-hydrogen) atoms. The number of aromatic amines is 1. The number of aromatic carboxylic acids is 2. The molecule has 0 saturated carbocycles. The lowest BCUT2D eigenvalue weighted by atomic mass is 10.1. The number of carboxylic acids is 2. The summed E-state index contributed by atoms with van der Waals surface area (Å²) in [4.78, 5) is 53.3. The quantitative estimate of drug-likeness (QED) is 0.210. The lowest BCUT2D eigenvalue weighted by molar-refractivity contribution is 0.0686. The molecular formula is C35H30N4O6. The van der Waals surface area contributed by atoms with Crippen LogP contribution in [-0.2, 0) is 0 Å². The highest BCUT2D eigenvalue weighted by atomic mass is 16.4. The van der Waals surface area contributed by atoms with Gasteiger partial charge in [0.2, 0.25) is 0 Å². The van der Waals surface area contributed by atoms with E-state index in [0.717, 1.165) is 18.7 Å². The van der Waals surface area contributed by atoms with Crippen molar-refractivity contribution in [3.05, 3.63) is 127 Å². The van der Waals surface area contributed by atoms with E-state index in [1.807, 2.05) is 12.1 Å². The normalized spacial score (nSPS) is 13.0. The van der Waals surface area contributed by atoms with Crippen molar-refractivity contribution < 1.29 is 19.8 Å². The second-order valence-corrected chi connectivity index (χ2v) is 11.0. The first-order valence-corrected chi connectivity index (χ1v) is 14.6. The third kappa shape index (κ3) is 5.62. The molecule has 5 aromatic rings. The molecule has 1 saturated heterocycles. The first-order valence-electron chi connectivity index (χ1n) is 14.6. The summed E-state index contributed by atoms with van der Waals surface area (Å²) in [6, 6.07) is 19.8. The monoisotopic (exact) mass is 602 g/mol. The molecule has 1 aliphatic rings. The zero-order valence-electron chi connectivity index (χ0n) is 24.5. The number of hydrogen-bond acceptors (Lipinski definition) is 5. The summed E-state index contributed by atoms with van der Waals surface area (Å²) in [5, 5.41) is 22.1. The average molecular weight is 603 g/mol. The third-order valence-corrected chi connectivity index (χ3v) is 8.12. The number of H-pyrrole nitrogens is 1. The van der Waals surface area contributed by atoms with Gasteiger partial charge in [-0.25, -0.2) is 14.3 Å². The molecule has 0 aliphatic carbocycles. The largest absolute Gasteiger partial charge is 0.478 e. The Bertz CT molecular complexity index is 2120. The molecule has 3 N–H and O–H groups in total. The highest BCUT2D eigenvalue weighted by Gasteiger charge is 2.21. The van der Waals surface area contributed by atoms with Crippen LogP contribution in [0.25, 0.3) is 34.6 Å². The molecule has 6 rings (SSSR count). The van der Waals surface area contributed by atoms with Crippen molar-refractivity contribution >= 4 is 40.8 Å². The number of piperidine rings is 1. The Morgan fingerprint density at radius 3 is 2.11 bits per heavy atom. The summed E-state index contributed by atoms with van der Waals surface area (Å²) in [6.07, 6.45) is 6.95. The van der Waals surface area contributed by atoms with Crippen LogP contribution in [0.4, 0.5) is 5.69 Å². The Morgan fingerprint density at radius 1 is 0.778 bits per heavy atom. The second-order valence-electron chi connectivity index (χ2n) is 11.0. The van der Waals surface area contributed by atoms with Crippen molar-refractivity contribution in [2.24, 2.45) is 0 Å². The van der Waals surface area contributed by atoms with Crippen LogP contribution in [0.3, 0.4) is 0 Å². The van der Waals surface area contributed by atoms with Gasteiger partial charge in [-0.3, -0.25) is 19.3 Å². The molecule has 2 aromatic heterocycles. The molecular weight excluding hydrogens is 572 g/mol. The van der Waals surface area contributed by atoms with Crippen molar-refractivity contribution in [2.45, 2.75) is 26.2 Å². The molecule has 0 unspecified atom stereocenters. The zero-order valence-corrected chi connectivity index (χ0v) is 24.5. The Kier molecular flexibility index (Phi) is 7.81. The summed E-state index contributed by atoms with van der Waals surface area (Å²) in [5.41, 5.74) is 5.74. The van der Waals surface area contributed by atoms with Gasteiger partial charge in [0, 0.05) is 18.8 Å². The molecule has 1 fully saturated rings. The maximum atomic E-state index is 14.0. The van der Waals surface area contributed by atoms with Gasteiger partial charge in [-0.05, 0) is 104 Å². The molecule has 10 nitrogen and oxygen atoms in total. The van der Waals surface area contributed by atoms with Gasteiger partial charge >= 0.3 is 11.9 Å². The van der Waals surface area contributed by atoms with Crippen LogP contribution in [-0.4, -0.2) is 49.6 Å². The smallest absolute Gasteiger partial charge is 0.335 e. The van der Waals surface area contributed by atoms with Gasteiger partial charge < -0.3 is 15.1 Å². The minimum Gasteiger partial charge on any atom is -0.478 e. The number of benzene rings is 3. The minimum absolute atomic E-state index is 0.00542. The van der Waals surface area contributed by atoms with E-state index in [1.165, 1.54) is 76.7 Å². The van der Waals surface area contributed by atoms with Crippen molar-refractivity contribution in [3.63, 3.8) is 0 Å². The van der Waals surface area contributed by atoms with E-state index in [-0.39, 0.29) is 33.4 Å². The van der Waals surface area contributed by atoms with Gasteiger partial charge in [0.15, 0.2) is 0 Å². The number of carbonyl (C=O) groups is 2. The maximum absolute atomic E-state index is 14.0. The van der Waals surface area contributed by atoms with Gasteiger partial charge in [-0.15, -0.1) is 5.73 Å². The number of aryl methyl sites for hydroxylation is 1. The molecule has 0 atom stereocenters. The van der Waals surface area contributed by atoms with Gasteiger partial charge in [0.25, 0.3) is 11.1 Å². The van der Waals surface area contributed by atoms with Crippen molar-refractivity contribution in [1.29, 1.82) is 0 Å². The molecule has 0 spiro atoms. The molecule has 1 aliphatic heterocycles. The van der Waals surface area contributed by atoms with E-state index in [1.54, 1.807) is 25.1 Å². The number of anilines is 1. The van der Waals surface area contributed by atoms with Crippen LogP contribution < -0.4 is 16.0 Å².